The fraction of sp³-hybridized carbons (Fsp3) is 0.200. The minimum absolute atomic E-state index is 0.0398. The Kier molecular flexibility index (Phi) is 5.80. The summed E-state index contributed by atoms with van der Waals surface area (Å²) in [5.74, 6) is -0.493. The maximum atomic E-state index is 13.1. The highest BCUT2D eigenvalue weighted by Gasteiger charge is 2.30. The molecule has 0 spiro atoms. The highest BCUT2D eigenvalue weighted by Crippen LogP contribution is 2.29. The Morgan fingerprint density at radius 1 is 1.00 bits per heavy atom. The molecule has 3 aromatic rings. The van der Waals surface area contributed by atoms with Crippen LogP contribution < -0.4 is 5.32 Å². The van der Waals surface area contributed by atoms with E-state index in [0.29, 0.717) is 5.13 Å². The molecular formula is C20H19FN4O3S2. The Balaban J connectivity index is 1.36. The number of thiazole rings is 1. The number of aromatic nitrogens is 1. The number of hydrogen-bond donors (Lipinski definition) is 1. The summed E-state index contributed by atoms with van der Waals surface area (Å²) in [6.45, 7) is 0.840. The van der Waals surface area contributed by atoms with Gasteiger partial charge in [-0.25, -0.2) is 22.6 Å². The van der Waals surface area contributed by atoms with Crippen LogP contribution in [0.15, 0.2) is 65.7 Å². The lowest BCUT2D eigenvalue weighted by molar-refractivity contribution is 0.184. The molecule has 1 aliphatic heterocycles. The van der Waals surface area contributed by atoms with Gasteiger partial charge in [-0.1, -0.05) is 41.7 Å². The zero-order valence-electron chi connectivity index (χ0n) is 15.9. The fourth-order valence-electron chi connectivity index (χ4n) is 3.13. The number of nitrogens with zero attached hydrogens (tertiary/aromatic N) is 3. The summed E-state index contributed by atoms with van der Waals surface area (Å²) in [5.41, 5.74) is 1.02. The van der Waals surface area contributed by atoms with Crippen LogP contribution in [0.25, 0.3) is 10.4 Å². The number of piperazine rings is 1. The summed E-state index contributed by atoms with van der Waals surface area (Å²) in [4.78, 5) is 19.3. The van der Waals surface area contributed by atoms with Crippen molar-refractivity contribution in [3.8, 4) is 10.4 Å². The average molecular weight is 447 g/mol. The molecule has 1 saturated heterocycles. The van der Waals surface area contributed by atoms with Crippen LogP contribution >= 0.6 is 11.3 Å². The molecule has 0 radical (unpaired) electrons. The SMILES string of the molecule is O=C(Nc1ncc(-c2ccccc2)s1)N1CCN(S(=O)(=O)c2ccc(F)cc2)CC1. The lowest BCUT2D eigenvalue weighted by Crippen LogP contribution is -2.51. The third kappa shape index (κ3) is 4.35. The van der Waals surface area contributed by atoms with E-state index >= 15 is 0 Å². The number of hydrogen-bond acceptors (Lipinski definition) is 5. The number of carbonyl (C=O) groups excluding carboxylic acids is 1. The second-order valence-corrected chi connectivity index (χ2v) is 9.64. The maximum absolute atomic E-state index is 13.1. The summed E-state index contributed by atoms with van der Waals surface area (Å²) in [7, 11) is -3.72. The van der Waals surface area contributed by atoms with Crippen LogP contribution in [-0.4, -0.2) is 54.8 Å². The Labute approximate surface area is 177 Å². The van der Waals surface area contributed by atoms with E-state index in [1.54, 1.807) is 11.1 Å². The summed E-state index contributed by atoms with van der Waals surface area (Å²) in [6.07, 6.45) is 1.71. The van der Waals surface area contributed by atoms with E-state index in [4.69, 9.17) is 0 Å². The van der Waals surface area contributed by atoms with Crippen molar-refractivity contribution in [2.45, 2.75) is 4.90 Å². The molecule has 1 fully saturated rings. The Morgan fingerprint density at radius 2 is 1.67 bits per heavy atom. The van der Waals surface area contributed by atoms with Gasteiger partial charge < -0.3 is 4.90 Å². The van der Waals surface area contributed by atoms with E-state index in [-0.39, 0.29) is 37.1 Å². The van der Waals surface area contributed by atoms with Gasteiger partial charge in [0.15, 0.2) is 5.13 Å². The van der Waals surface area contributed by atoms with Gasteiger partial charge in [0.1, 0.15) is 5.82 Å². The third-order valence-corrected chi connectivity index (χ3v) is 7.63. The molecule has 2 amide bonds. The number of halogens is 1. The normalized spacial score (nSPS) is 15.2. The lowest BCUT2D eigenvalue weighted by Gasteiger charge is -2.33. The Morgan fingerprint density at radius 3 is 2.33 bits per heavy atom. The first-order valence-corrected chi connectivity index (χ1v) is 11.5. The first-order valence-electron chi connectivity index (χ1n) is 9.26. The van der Waals surface area contributed by atoms with Gasteiger partial charge in [-0.05, 0) is 29.8 Å². The molecule has 2 aromatic carbocycles. The molecule has 1 N–H and O–H groups in total. The van der Waals surface area contributed by atoms with Crippen LogP contribution in [0.1, 0.15) is 0 Å². The molecule has 0 unspecified atom stereocenters. The molecular weight excluding hydrogens is 427 g/mol. The van der Waals surface area contributed by atoms with Crippen LogP contribution in [0.4, 0.5) is 14.3 Å². The van der Waals surface area contributed by atoms with Crippen LogP contribution in [-0.2, 0) is 10.0 Å². The Bertz CT molecular complexity index is 1130. The number of anilines is 1. The van der Waals surface area contributed by atoms with Crippen LogP contribution in [0, 0.1) is 5.82 Å². The van der Waals surface area contributed by atoms with Crippen molar-refractivity contribution in [2.24, 2.45) is 0 Å². The number of carbonyl (C=O) groups is 1. The number of sulfonamides is 1. The van der Waals surface area contributed by atoms with Crippen LogP contribution in [0.2, 0.25) is 0 Å². The first kappa shape index (κ1) is 20.5. The second-order valence-electron chi connectivity index (χ2n) is 6.67. The number of amides is 2. The van der Waals surface area contributed by atoms with E-state index < -0.39 is 15.8 Å². The minimum atomic E-state index is -3.72. The minimum Gasteiger partial charge on any atom is -0.322 e. The summed E-state index contributed by atoms with van der Waals surface area (Å²) in [5, 5.41) is 3.26. The van der Waals surface area contributed by atoms with Crippen molar-refractivity contribution < 1.29 is 17.6 Å². The monoisotopic (exact) mass is 446 g/mol. The molecule has 10 heteroatoms. The van der Waals surface area contributed by atoms with Gasteiger partial charge in [0.05, 0.1) is 9.77 Å². The number of benzene rings is 2. The van der Waals surface area contributed by atoms with E-state index in [1.165, 1.54) is 27.8 Å². The number of urea groups is 1. The van der Waals surface area contributed by atoms with Gasteiger partial charge in [-0.3, -0.25) is 5.32 Å². The first-order chi connectivity index (χ1) is 14.4. The van der Waals surface area contributed by atoms with Crippen LogP contribution in [0.5, 0.6) is 0 Å². The van der Waals surface area contributed by atoms with Crippen molar-refractivity contribution in [1.29, 1.82) is 0 Å². The number of nitrogens with one attached hydrogen (secondary N) is 1. The van der Waals surface area contributed by atoms with E-state index in [9.17, 15) is 17.6 Å². The van der Waals surface area contributed by atoms with Crippen LogP contribution in [0.3, 0.4) is 0 Å². The van der Waals surface area contributed by atoms with Gasteiger partial charge in [0.2, 0.25) is 10.0 Å². The molecule has 0 saturated carbocycles. The van der Waals surface area contributed by atoms with Gasteiger partial charge in [0, 0.05) is 32.4 Å². The highest BCUT2D eigenvalue weighted by atomic mass is 32.2. The molecule has 1 aromatic heterocycles. The molecule has 0 aliphatic carbocycles. The van der Waals surface area contributed by atoms with Crippen molar-refractivity contribution in [2.75, 3.05) is 31.5 Å². The lowest BCUT2D eigenvalue weighted by atomic mass is 10.2. The molecule has 0 bridgehead atoms. The Hall–Kier alpha value is -2.82. The highest BCUT2D eigenvalue weighted by molar-refractivity contribution is 7.89. The molecule has 4 rings (SSSR count). The van der Waals surface area contributed by atoms with Crippen molar-refractivity contribution in [3.05, 3.63) is 66.6 Å². The largest absolute Gasteiger partial charge is 0.323 e. The summed E-state index contributed by atoms with van der Waals surface area (Å²) in [6, 6.07) is 14.2. The predicted octanol–water partition coefficient (Wildman–Crippen LogP) is 3.49. The average Bonchev–Trinajstić information content (AvgIpc) is 3.23. The smallest absolute Gasteiger partial charge is 0.322 e. The summed E-state index contributed by atoms with van der Waals surface area (Å²) >= 11 is 1.37. The van der Waals surface area contributed by atoms with Gasteiger partial charge in [-0.15, -0.1) is 0 Å². The second kappa shape index (κ2) is 8.50. The predicted molar refractivity (Wildman–Crippen MR) is 113 cm³/mol. The van der Waals surface area contributed by atoms with Crippen molar-refractivity contribution >= 4 is 32.5 Å². The molecule has 0 atom stereocenters. The molecule has 2 heterocycles. The van der Waals surface area contributed by atoms with E-state index in [1.807, 2.05) is 30.3 Å². The molecule has 1 aliphatic rings. The zero-order valence-corrected chi connectivity index (χ0v) is 17.5. The van der Waals surface area contributed by atoms with Gasteiger partial charge in [0.25, 0.3) is 0 Å². The van der Waals surface area contributed by atoms with Crippen molar-refractivity contribution in [1.82, 2.24) is 14.2 Å². The fourth-order valence-corrected chi connectivity index (χ4v) is 5.36. The van der Waals surface area contributed by atoms with Gasteiger partial charge >= 0.3 is 6.03 Å². The van der Waals surface area contributed by atoms with E-state index in [2.05, 4.69) is 10.3 Å². The molecule has 30 heavy (non-hydrogen) atoms. The van der Waals surface area contributed by atoms with E-state index in [0.717, 1.165) is 22.6 Å². The topological polar surface area (TPSA) is 82.6 Å². The van der Waals surface area contributed by atoms with Gasteiger partial charge in [-0.2, -0.15) is 4.31 Å². The van der Waals surface area contributed by atoms with Crippen molar-refractivity contribution in [3.63, 3.8) is 0 Å². The third-order valence-electron chi connectivity index (χ3n) is 4.76. The maximum Gasteiger partial charge on any atom is 0.323 e. The zero-order chi connectivity index (χ0) is 21.1. The summed E-state index contributed by atoms with van der Waals surface area (Å²) < 4.78 is 39.7. The molecule has 156 valence electrons. The number of rotatable bonds is 4. The standard InChI is InChI=1S/C20H19FN4O3S2/c21-16-6-8-17(9-7-16)30(27,28)25-12-10-24(11-13-25)20(26)23-19-22-14-18(29-19)15-4-2-1-3-5-15/h1-9,14H,10-13H2,(H,22,23,26). The quantitative estimate of drug-likeness (QED) is 0.665. The molecule has 7 nitrogen and oxygen atoms in total.